The second kappa shape index (κ2) is 14.8. The van der Waals surface area contributed by atoms with Crippen LogP contribution in [0.15, 0.2) is 35.3 Å². The Bertz CT molecular complexity index is 779. The van der Waals surface area contributed by atoms with Gasteiger partial charge >= 0.3 is 0 Å². The molecular weight excluding hydrogens is 523 g/mol. The molecule has 1 aromatic heterocycles. The molecule has 0 amide bonds. The maximum Gasteiger partial charge on any atom is 0.191 e. The summed E-state index contributed by atoms with van der Waals surface area (Å²) in [6, 6.07) is 10.3. The molecule has 1 fully saturated rings. The average molecular weight is 559 g/mol. The smallest absolute Gasteiger partial charge is 0.191 e. The zero-order valence-electron chi connectivity index (χ0n) is 18.6. The Labute approximate surface area is 207 Å². The van der Waals surface area contributed by atoms with E-state index in [1.165, 1.54) is 4.88 Å². The van der Waals surface area contributed by atoms with Crippen LogP contribution in [0.4, 0.5) is 0 Å². The van der Waals surface area contributed by atoms with Gasteiger partial charge in [-0.05, 0) is 39.0 Å². The predicted molar refractivity (Wildman–Crippen MR) is 139 cm³/mol. The van der Waals surface area contributed by atoms with E-state index in [2.05, 4.69) is 36.6 Å². The van der Waals surface area contributed by atoms with Gasteiger partial charge in [0.25, 0.3) is 0 Å². The summed E-state index contributed by atoms with van der Waals surface area (Å²) in [5.41, 5.74) is 2.21. The van der Waals surface area contributed by atoms with Crippen LogP contribution >= 0.6 is 35.3 Å². The van der Waals surface area contributed by atoms with Crippen LogP contribution in [0.2, 0.25) is 0 Å². The number of hydrogen-bond donors (Lipinski definition) is 2. The molecule has 2 heterocycles. The van der Waals surface area contributed by atoms with Gasteiger partial charge in [-0.15, -0.1) is 35.3 Å². The molecule has 3 rings (SSSR count). The van der Waals surface area contributed by atoms with E-state index in [4.69, 9.17) is 19.5 Å². The monoisotopic (exact) mass is 558 g/mol. The fourth-order valence-electron chi connectivity index (χ4n) is 3.32. The maximum absolute atomic E-state index is 5.84. The van der Waals surface area contributed by atoms with E-state index < -0.39 is 0 Å². The number of aromatic nitrogens is 1. The lowest BCUT2D eigenvalue weighted by atomic mass is 10.0. The van der Waals surface area contributed by atoms with E-state index in [-0.39, 0.29) is 24.0 Å². The molecular formula is C23H35IN4O2S. The van der Waals surface area contributed by atoms with Crippen LogP contribution in [0, 0.1) is 12.8 Å². The maximum atomic E-state index is 5.84. The van der Waals surface area contributed by atoms with Gasteiger partial charge in [-0.3, -0.25) is 0 Å². The van der Waals surface area contributed by atoms with Crippen LogP contribution in [-0.4, -0.2) is 50.5 Å². The van der Waals surface area contributed by atoms with E-state index in [0.29, 0.717) is 12.5 Å². The second-order valence-electron chi connectivity index (χ2n) is 7.50. The van der Waals surface area contributed by atoms with Crippen LogP contribution in [-0.2, 0) is 16.0 Å². The first-order chi connectivity index (χ1) is 14.8. The fourth-order valence-corrected chi connectivity index (χ4v) is 4.31. The van der Waals surface area contributed by atoms with Crippen molar-refractivity contribution in [3.05, 3.63) is 40.9 Å². The number of aryl methyl sites for hydroxylation is 1. The zero-order valence-corrected chi connectivity index (χ0v) is 21.7. The highest BCUT2D eigenvalue weighted by atomic mass is 127. The van der Waals surface area contributed by atoms with Gasteiger partial charge in [-0.25, -0.2) is 9.98 Å². The number of nitrogens with zero attached hydrogens (tertiary/aromatic N) is 2. The Balaban J connectivity index is 0.00000341. The fraction of sp³-hybridized carbons (Fsp3) is 0.565. The molecule has 0 unspecified atom stereocenters. The number of nitrogens with one attached hydrogen (secondary N) is 2. The van der Waals surface area contributed by atoms with E-state index >= 15 is 0 Å². The molecule has 0 atom stereocenters. The highest BCUT2D eigenvalue weighted by Gasteiger charge is 2.13. The van der Waals surface area contributed by atoms with E-state index in [0.717, 1.165) is 81.0 Å². The van der Waals surface area contributed by atoms with Gasteiger partial charge < -0.3 is 20.1 Å². The van der Waals surface area contributed by atoms with Crippen LogP contribution in [0.1, 0.15) is 36.8 Å². The lowest BCUT2D eigenvalue weighted by molar-refractivity contribution is 0.0203. The number of rotatable bonds is 10. The number of ether oxygens (including phenoxy) is 2. The quantitative estimate of drug-likeness (QED) is 0.193. The van der Waals surface area contributed by atoms with Gasteiger partial charge in [0, 0.05) is 50.0 Å². The standard InChI is InChI=1S/C23H34N4O2S.HI/c1-3-24-23(25-12-7-13-29-17-19-10-14-28-15-11-19)26-16-21-18(2)27-22(30-21)20-8-5-4-6-9-20;/h4-6,8-9,19H,3,7,10-17H2,1-2H3,(H2,24,25,26);1H. The van der Waals surface area contributed by atoms with Gasteiger partial charge in [0.1, 0.15) is 5.01 Å². The van der Waals surface area contributed by atoms with Crippen molar-refractivity contribution < 1.29 is 9.47 Å². The third kappa shape index (κ3) is 9.03. The van der Waals surface area contributed by atoms with Crippen molar-refractivity contribution in [3.63, 3.8) is 0 Å². The van der Waals surface area contributed by atoms with Crippen LogP contribution in [0.3, 0.4) is 0 Å². The Morgan fingerprint density at radius 3 is 2.74 bits per heavy atom. The number of aliphatic imine (C=N–C) groups is 1. The summed E-state index contributed by atoms with van der Waals surface area (Å²) >= 11 is 1.72. The van der Waals surface area contributed by atoms with Crippen LogP contribution in [0.5, 0.6) is 0 Å². The summed E-state index contributed by atoms with van der Waals surface area (Å²) in [5.74, 6) is 1.50. The van der Waals surface area contributed by atoms with Crippen molar-refractivity contribution in [2.45, 2.75) is 39.7 Å². The molecule has 8 heteroatoms. The van der Waals surface area contributed by atoms with Crippen molar-refractivity contribution >= 4 is 41.3 Å². The SMILES string of the molecule is CCNC(=NCc1sc(-c2ccccc2)nc1C)NCCCOCC1CCOCC1.I. The second-order valence-corrected chi connectivity index (χ2v) is 8.58. The van der Waals surface area contributed by atoms with Gasteiger partial charge in [0.2, 0.25) is 0 Å². The van der Waals surface area contributed by atoms with E-state index in [1.54, 1.807) is 11.3 Å². The lowest BCUT2D eigenvalue weighted by Crippen LogP contribution is -2.38. The molecule has 172 valence electrons. The number of benzene rings is 1. The van der Waals surface area contributed by atoms with Crippen LogP contribution < -0.4 is 10.6 Å². The number of hydrogen-bond acceptors (Lipinski definition) is 5. The third-order valence-electron chi connectivity index (χ3n) is 5.09. The molecule has 31 heavy (non-hydrogen) atoms. The summed E-state index contributed by atoms with van der Waals surface area (Å²) in [4.78, 5) is 10.7. The average Bonchev–Trinajstić information content (AvgIpc) is 3.16. The highest BCUT2D eigenvalue weighted by molar-refractivity contribution is 14.0. The Morgan fingerprint density at radius 2 is 2.00 bits per heavy atom. The zero-order chi connectivity index (χ0) is 21.0. The van der Waals surface area contributed by atoms with E-state index in [1.807, 2.05) is 18.2 Å². The van der Waals surface area contributed by atoms with Gasteiger partial charge in [0.05, 0.1) is 12.2 Å². The molecule has 6 nitrogen and oxygen atoms in total. The molecule has 2 N–H and O–H groups in total. The highest BCUT2D eigenvalue weighted by Crippen LogP contribution is 2.28. The summed E-state index contributed by atoms with van der Waals surface area (Å²) < 4.78 is 11.2. The number of thiazole rings is 1. The Morgan fingerprint density at radius 1 is 1.23 bits per heavy atom. The molecule has 1 aliphatic rings. The molecule has 1 saturated heterocycles. The first-order valence-corrected chi connectivity index (χ1v) is 11.8. The van der Waals surface area contributed by atoms with Crippen molar-refractivity contribution in [1.82, 2.24) is 15.6 Å². The summed E-state index contributed by atoms with van der Waals surface area (Å²) in [7, 11) is 0. The first-order valence-electron chi connectivity index (χ1n) is 11.0. The van der Waals surface area contributed by atoms with Gasteiger partial charge in [0.15, 0.2) is 5.96 Å². The lowest BCUT2D eigenvalue weighted by Gasteiger charge is -2.21. The van der Waals surface area contributed by atoms with Crippen molar-refractivity contribution in [2.75, 3.05) is 39.5 Å². The topological polar surface area (TPSA) is 67.8 Å². The minimum Gasteiger partial charge on any atom is -0.381 e. The Kier molecular flexibility index (Phi) is 12.4. The molecule has 0 spiro atoms. The molecule has 0 bridgehead atoms. The van der Waals surface area contributed by atoms with Crippen molar-refractivity contribution in [3.8, 4) is 10.6 Å². The van der Waals surface area contributed by atoms with Crippen LogP contribution in [0.25, 0.3) is 10.6 Å². The van der Waals surface area contributed by atoms with Crippen molar-refractivity contribution in [2.24, 2.45) is 10.9 Å². The Hall–Kier alpha value is -1.23. The normalized spacial score (nSPS) is 14.8. The summed E-state index contributed by atoms with van der Waals surface area (Å²) in [6.45, 7) is 9.84. The minimum atomic E-state index is 0. The first kappa shape index (κ1) is 26.0. The predicted octanol–water partition coefficient (Wildman–Crippen LogP) is 4.62. The minimum absolute atomic E-state index is 0. The largest absolute Gasteiger partial charge is 0.381 e. The van der Waals surface area contributed by atoms with Gasteiger partial charge in [-0.1, -0.05) is 30.3 Å². The third-order valence-corrected chi connectivity index (χ3v) is 6.28. The summed E-state index contributed by atoms with van der Waals surface area (Å²) in [6.07, 6.45) is 3.21. The molecule has 0 saturated carbocycles. The molecule has 2 aromatic rings. The van der Waals surface area contributed by atoms with Gasteiger partial charge in [-0.2, -0.15) is 0 Å². The number of halogens is 1. The molecule has 0 aliphatic carbocycles. The molecule has 1 aromatic carbocycles. The molecule has 0 radical (unpaired) electrons. The van der Waals surface area contributed by atoms with Crippen molar-refractivity contribution in [1.29, 1.82) is 0 Å². The number of guanidine groups is 1. The van der Waals surface area contributed by atoms with E-state index in [9.17, 15) is 0 Å². The molecule has 1 aliphatic heterocycles. The summed E-state index contributed by atoms with van der Waals surface area (Å²) in [5, 5.41) is 7.79.